The zero-order valence-electron chi connectivity index (χ0n) is 8.99. The van der Waals surface area contributed by atoms with E-state index in [9.17, 15) is 4.79 Å². The third kappa shape index (κ3) is 4.88. The molecular weight excluding hydrogens is 206 g/mol. The number of amides is 1. The van der Waals surface area contributed by atoms with Gasteiger partial charge in [-0.2, -0.15) is 0 Å². The summed E-state index contributed by atoms with van der Waals surface area (Å²) in [6, 6.07) is 7.45. The van der Waals surface area contributed by atoms with Crippen LogP contribution in [0.3, 0.4) is 0 Å². The van der Waals surface area contributed by atoms with E-state index in [1.165, 1.54) is 0 Å². The highest BCUT2D eigenvalue weighted by atomic mass is 32.1. The zero-order chi connectivity index (χ0) is 11.1. The lowest BCUT2D eigenvalue weighted by Gasteiger charge is -2.04. The van der Waals surface area contributed by atoms with E-state index in [2.05, 4.69) is 24.9 Å². The Kier molecular flexibility index (Phi) is 5.26. The van der Waals surface area contributed by atoms with Crippen molar-refractivity contribution >= 4 is 24.2 Å². The van der Waals surface area contributed by atoms with Crippen LogP contribution in [0.1, 0.15) is 32.6 Å². The first-order chi connectivity index (χ1) is 7.22. The lowest BCUT2D eigenvalue weighted by atomic mass is 10.2. The highest BCUT2D eigenvalue weighted by Crippen LogP contribution is 2.12. The lowest BCUT2D eigenvalue weighted by molar-refractivity contribution is -0.116. The van der Waals surface area contributed by atoms with Gasteiger partial charge in [-0.05, 0) is 30.7 Å². The van der Waals surface area contributed by atoms with E-state index in [0.29, 0.717) is 6.42 Å². The van der Waals surface area contributed by atoms with E-state index in [-0.39, 0.29) is 5.91 Å². The minimum Gasteiger partial charge on any atom is -0.326 e. The summed E-state index contributed by atoms with van der Waals surface area (Å²) < 4.78 is 0. The van der Waals surface area contributed by atoms with Crippen LogP contribution in [0.15, 0.2) is 29.2 Å². The topological polar surface area (TPSA) is 29.1 Å². The van der Waals surface area contributed by atoms with Crippen molar-refractivity contribution < 1.29 is 4.79 Å². The normalized spacial score (nSPS) is 10.0. The Morgan fingerprint density at radius 2 is 1.93 bits per heavy atom. The van der Waals surface area contributed by atoms with E-state index in [0.717, 1.165) is 29.8 Å². The Bertz CT molecular complexity index is 308. The predicted octanol–water partition coefficient (Wildman–Crippen LogP) is 3.49. The molecule has 3 heteroatoms. The molecule has 0 aliphatic rings. The van der Waals surface area contributed by atoms with Gasteiger partial charge in [-0.1, -0.05) is 19.8 Å². The fourth-order valence-corrected chi connectivity index (χ4v) is 1.45. The predicted molar refractivity (Wildman–Crippen MR) is 66.5 cm³/mol. The van der Waals surface area contributed by atoms with Crippen molar-refractivity contribution in [3.05, 3.63) is 24.3 Å². The number of rotatable bonds is 5. The number of carbonyl (C=O) groups excluding carboxylic acids is 1. The van der Waals surface area contributed by atoms with Crippen LogP contribution in [0.5, 0.6) is 0 Å². The van der Waals surface area contributed by atoms with Gasteiger partial charge >= 0.3 is 0 Å². The van der Waals surface area contributed by atoms with Crippen LogP contribution in [0.4, 0.5) is 5.69 Å². The van der Waals surface area contributed by atoms with Gasteiger partial charge in [-0.3, -0.25) is 4.79 Å². The van der Waals surface area contributed by atoms with Crippen molar-refractivity contribution in [3.8, 4) is 0 Å². The monoisotopic (exact) mass is 223 g/mol. The van der Waals surface area contributed by atoms with Crippen molar-refractivity contribution in [1.82, 2.24) is 0 Å². The van der Waals surface area contributed by atoms with Gasteiger partial charge in [0.25, 0.3) is 0 Å². The minimum absolute atomic E-state index is 0.0929. The molecule has 0 aliphatic carbocycles. The largest absolute Gasteiger partial charge is 0.326 e. The standard InChI is InChI=1S/C12H17NOS/c1-2-3-4-5-12(14)13-10-6-8-11(15)9-7-10/h6-9,15H,2-5H2,1H3,(H,13,14). The average Bonchev–Trinajstić information content (AvgIpc) is 2.22. The molecule has 0 saturated heterocycles. The third-order valence-electron chi connectivity index (χ3n) is 2.16. The highest BCUT2D eigenvalue weighted by molar-refractivity contribution is 7.80. The Hall–Kier alpha value is -0.960. The van der Waals surface area contributed by atoms with Gasteiger partial charge in [-0.15, -0.1) is 12.6 Å². The van der Waals surface area contributed by atoms with Gasteiger partial charge in [0.2, 0.25) is 5.91 Å². The van der Waals surface area contributed by atoms with Crippen molar-refractivity contribution in [1.29, 1.82) is 0 Å². The molecule has 0 aliphatic heterocycles. The van der Waals surface area contributed by atoms with Crippen LogP contribution in [0.2, 0.25) is 0 Å². The smallest absolute Gasteiger partial charge is 0.224 e. The molecule has 0 heterocycles. The summed E-state index contributed by atoms with van der Waals surface area (Å²) in [4.78, 5) is 12.3. The van der Waals surface area contributed by atoms with Crippen LogP contribution in [0.25, 0.3) is 0 Å². The second-order valence-corrected chi connectivity index (χ2v) is 4.07. The minimum atomic E-state index is 0.0929. The summed E-state index contributed by atoms with van der Waals surface area (Å²) >= 11 is 4.18. The molecule has 0 unspecified atom stereocenters. The molecule has 1 rings (SSSR count). The Balaban J connectivity index is 2.34. The number of hydrogen-bond acceptors (Lipinski definition) is 2. The van der Waals surface area contributed by atoms with Crippen LogP contribution in [-0.4, -0.2) is 5.91 Å². The molecule has 0 aromatic heterocycles. The fraction of sp³-hybridized carbons (Fsp3) is 0.417. The molecule has 0 bridgehead atoms. The Labute approximate surface area is 96.5 Å². The van der Waals surface area contributed by atoms with Crippen molar-refractivity contribution in [2.75, 3.05) is 5.32 Å². The quantitative estimate of drug-likeness (QED) is 0.580. The summed E-state index contributed by atoms with van der Waals surface area (Å²) in [6.07, 6.45) is 3.83. The number of anilines is 1. The van der Waals surface area contributed by atoms with E-state index in [4.69, 9.17) is 0 Å². The molecule has 0 fully saturated rings. The molecule has 1 aromatic rings. The van der Waals surface area contributed by atoms with Gasteiger partial charge < -0.3 is 5.32 Å². The van der Waals surface area contributed by atoms with Crippen molar-refractivity contribution in [3.63, 3.8) is 0 Å². The first kappa shape index (κ1) is 12.1. The number of thiol groups is 1. The summed E-state index contributed by atoms with van der Waals surface area (Å²) in [5.74, 6) is 0.0929. The molecule has 2 nitrogen and oxygen atoms in total. The maximum absolute atomic E-state index is 11.4. The SMILES string of the molecule is CCCCCC(=O)Nc1ccc(S)cc1. The average molecular weight is 223 g/mol. The lowest BCUT2D eigenvalue weighted by Crippen LogP contribution is -2.10. The number of nitrogens with one attached hydrogen (secondary N) is 1. The zero-order valence-corrected chi connectivity index (χ0v) is 9.89. The van der Waals surface area contributed by atoms with Crippen molar-refractivity contribution in [2.45, 2.75) is 37.5 Å². The first-order valence-corrected chi connectivity index (χ1v) is 5.76. The maximum Gasteiger partial charge on any atom is 0.224 e. The van der Waals surface area contributed by atoms with Gasteiger partial charge in [0.15, 0.2) is 0 Å². The second kappa shape index (κ2) is 6.51. The number of unbranched alkanes of at least 4 members (excludes halogenated alkanes) is 2. The molecular formula is C12H17NOS. The van der Waals surface area contributed by atoms with Gasteiger partial charge in [0.05, 0.1) is 0 Å². The van der Waals surface area contributed by atoms with Gasteiger partial charge in [0.1, 0.15) is 0 Å². The molecule has 15 heavy (non-hydrogen) atoms. The fourth-order valence-electron chi connectivity index (χ4n) is 1.30. The molecule has 1 aromatic carbocycles. The van der Waals surface area contributed by atoms with Crippen molar-refractivity contribution in [2.24, 2.45) is 0 Å². The van der Waals surface area contributed by atoms with Crippen LogP contribution in [-0.2, 0) is 4.79 Å². The van der Waals surface area contributed by atoms with E-state index in [1.807, 2.05) is 24.3 Å². The summed E-state index contributed by atoms with van der Waals surface area (Å²) in [5.41, 5.74) is 0.842. The Morgan fingerprint density at radius 3 is 2.53 bits per heavy atom. The summed E-state index contributed by atoms with van der Waals surface area (Å²) in [6.45, 7) is 2.13. The number of carbonyl (C=O) groups is 1. The molecule has 0 atom stereocenters. The van der Waals surface area contributed by atoms with Crippen LogP contribution >= 0.6 is 12.6 Å². The van der Waals surface area contributed by atoms with E-state index < -0.39 is 0 Å². The third-order valence-corrected chi connectivity index (χ3v) is 2.46. The Morgan fingerprint density at radius 1 is 1.27 bits per heavy atom. The van der Waals surface area contributed by atoms with Gasteiger partial charge in [-0.25, -0.2) is 0 Å². The molecule has 0 saturated carbocycles. The van der Waals surface area contributed by atoms with E-state index >= 15 is 0 Å². The first-order valence-electron chi connectivity index (χ1n) is 5.31. The van der Waals surface area contributed by atoms with Crippen LogP contribution in [0, 0.1) is 0 Å². The maximum atomic E-state index is 11.4. The summed E-state index contributed by atoms with van der Waals surface area (Å²) in [7, 11) is 0. The molecule has 1 amide bonds. The molecule has 1 N–H and O–H groups in total. The number of hydrogen-bond donors (Lipinski definition) is 2. The van der Waals surface area contributed by atoms with Crippen LogP contribution < -0.4 is 5.32 Å². The molecule has 0 spiro atoms. The molecule has 0 radical (unpaired) electrons. The van der Waals surface area contributed by atoms with E-state index in [1.54, 1.807) is 0 Å². The second-order valence-electron chi connectivity index (χ2n) is 3.55. The molecule has 82 valence electrons. The number of benzene rings is 1. The van der Waals surface area contributed by atoms with Gasteiger partial charge in [0, 0.05) is 17.0 Å². The summed E-state index contributed by atoms with van der Waals surface area (Å²) in [5, 5.41) is 2.86. The highest BCUT2D eigenvalue weighted by Gasteiger charge is 2.00.